The van der Waals surface area contributed by atoms with E-state index in [-0.39, 0.29) is 0 Å². The number of hydrogen-bond acceptors (Lipinski definition) is 2. The summed E-state index contributed by atoms with van der Waals surface area (Å²) in [4.78, 5) is 0. The van der Waals surface area contributed by atoms with Gasteiger partial charge in [-0.25, -0.2) is 0 Å². The second kappa shape index (κ2) is 5.13. The third-order valence-corrected chi connectivity index (χ3v) is 3.89. The zero-order valence-electron chi connectivity index (χ0n) is 8.95. The van der Waals surface area contributed by atoms with Gasteiger partial charge in [-0.05, 0) is 37.5 Å². The molecule has 0 spiro atoms. The van der Waals surface area contributed by atoms with Gasteiger partial charge < -0.3 is 9.84 Å². The number of aliphatic hydroxyl groups is 1. The Kier molecular flexibility index (Phi) is 3.82. The quantitative estimate of drug-likeness (QED) is 0.735. The minimum Gasteiger partial charge on any atom is -0.396 e. The lowest BCUT2D eigenvalue weighted by Gasteiger charge is -2.37. The topological polar surface area (TPSA) is 29.5 Å². The van der Waals surface area contributed by atoms with Crippen molar-refractivity contribution in [2.45, 2.75) is 51.0 Å². The largest absolute Gasteiger partial charge is 0.396 e. The van der Waals surface area contributed by atoms with Crippen molar-refractivity contribution in [1.29, 1.82) is 0 Å². The molecule has 2 fully saturated rings. The van der Waals surface area contributed by atoms with Crippen molar-refractivity contribution in [3.8, 4) is 0 Å². The van der Waals surface area contributed by atoms with E-state index in [2.05, 4.69) is 0 Å². The predicted octanol–water partition coefficient (Wildman–Crippen LogP) is 2.35. The fraction of sp³-hybridized carbons (Fsp3) is 1.00. The molecule has 2 heteroatoms. The number of rotatable bonds is 5. The van der Waals surface area contributed by atoms with Gasteiger partial charge in [0.25, 0.3) is 0 Å². The Labute approximate surface area is 86.6 Å². The number of aliphatic hydroxyl groups excluding tert-OH is 1. The monoisotopic (exact) mass is 198 g/mol. The molecule has 1 N–H and O–H groups in total. The average molecular weight is 198 g/mol. The zero-order chi connectivity index (χ0) is 9.80. The molecule has 0 radical (unpaired) electrons. The van der Waals surface area contributed by atoms with Crippen molar-refractivity contribution in [2.75, 3.05) is 13.2 Å². The minimum atomic E-state index is 0.343. The lowest BCUT2D eigenvalue weighted by atomic mass is 9.71. The molecule has 0 amide bonds. The fourth-order valence-corrected chi connectivity index (χ4v) is 2.86. The van der Waals surface area contributed by atoms with Gasteiger partial charge >= 0.3 is 0 Å². The predicted molar refractivity (Wildman–Crippen MR) is 56.1 cm³/mol. The molecular weight excluding hydrogens is 176 g/mol. The molecule has 0 aromatic rings. The Morgan fingerprint density at radius 2 is 2.07 bits per heavy atom. The second-order valence-electron chi connectivity index (χ2n) is 4.77. The van der Waals surface area contributed by atoms with Gasteiger partial charge in [0.05, 0.1) is 6.10 Å². The number of hydrogen-bond donors (Lipinski definition) is 1. The SMILES string of the molecule is OCCCC(C1CCC1)C1CCCO1. The van der Waals surface area contributed by atoms with Gasteiger partial charge in [-0.3, -0.25) is 0 Å². The summed E-state index contributed by atoms with van der Waals surface area (Å²) >= 11 is 0. The first-order chi connectivity index (χ1) is 6.92. The van der Waals surface area contributed by atoms with Crippen molar-refractivity contribution in [1.82, 2.24) is 0 Å². The molecule has 0 aromatic heterocycles. The molecule has 2 atom stereocenters. The van der Waals surface area contributed by atoms with Gasteiger partial charge in [0, 0.05) is 13.2 Å². The summed E-state index contributed by atoms with van der Waals surface area (Å²) in [6, 6.07) is 0. The fourth-order valence-electron chi connectivity index (χ4n) is 2.86. The van der Waals surface area contributed by atoms with Gasteiger partial charge in [0.1, 0.15) is 0 Å². The summed E-state index contributed by atoms with van der Waals surface area (Å²) < 4.78 is 5.79. The molecule has 1 aliphatic heterocycles. The van der Waals surface area contributed by atoms with Crippen molar-refractivity contribution < 1.29 is 9.84 Å². The molecule has 1 saturated heterocycles. The highest BCUT2D eigenvalue weighted by atomic mass is 16.5. The first-order valence-electron chi connectivity index (χ1n) is 6.14. The summed E-state index contributed by atoms with van der Waals surface area (Å²) in [6.07, 6.45) is 9.36. The van der Waals surface area contributed by atoms with E-state index in [1.807, 2.05) is 0 Å². The maximum Gasteiger partial charge on any atom is 0.0606 e. The molecule has 0 aromatic carbocycles. The van der Waals surface area contributed by atoms with Crippen LogP contribution >= 0.6 is 0 Å². The molecule has 1 saturated carbocycles. The highest BCUT2D eigenvalue weighted by molar-refractivity contribution is 4.84. The first kappa shape index (κ1) is 10.4. The van der Waals surface area contributed by atoms with E-state index >= 15 is 0 Å². The zero-order valence-corrected chi connectivity index (χ0v) is 8.95. The average Bonchev–Trinajstić information content (AvgIpc) is 2.61. The summed E-state index contributed by atoms with van der Waals surface area (Å²) in [6.45, 7) is 1.31. The second-order valence-corrected chi connectivity index (χ2v) is 4.77. The highest BCUT2D eigenvalue weighted by Gasteiger charge is 2.34. The molecule has 1 heterocycles. The molecule has 0 bridgehead atoms. The van der Waals surface area contributed by atoms with E-state index < -0.39 is 0 Å². The Morgan fingerprint density at radius 3 is 2.57 bits per heavy atom. The van der Waals surface area contributed by atoms with Crippen LogP contribution in [-0.4, -0.2) is 24.4 Å². The Hall–Kier alpha value is -0.0800. The van der Waals surface area contributed by atoms with Crippen molar-refractivity contribution in [3.63, 3.8) is 0 Å². The Morgan fingerprint density at radius 1 is 1.21 bits per heavy atom. The lowest BCUT2D eigenvalue weighted by molar-refractivity contribution is 0.0107. The molecule has 2 aliphatic rings. The van der Waals surface area contributed by atoms with E-state index in [4.69, 9.17) is 9.84 Å². The van der Waals surface area contributed by atoms with E-state index in [0.717, 1.165) is 24.9 Å². The van der Waals surface area contributed by atoms with Crippen molar-refractivity contribution in [2.24, 2.45) is 11.8 Å². The van der Waals surface area contributed by atoms with Gasteiger partial charge in [-0.15, -0.1) is 0 Å². The van der Waals surface area contributed by atoms with Crippen LogP contribution in [0.4, 0.5) is 0 Å². The lowest BCUT2D eigenvalue weighted by Crippen LogP contribution is -2.31. The summed E-state index contributed by atoms with van der Waals surface area (Å²) in [7, 11) is 0. The maximum atomic E-state index is 8.89. The van der Waals surface area contributed by atoms with Crippen LogP contribution in [0.5, 0.6) is 0 Å². The van der Waals surface area contributed by atoms with Crippen LogP contribution in [0.3, 0.4) is 0 Å². The minimum absolute atomic E-state index is 0.343. The summed E-state index contributed by atoms with van der Waals surface area (Å²) in [5, 5.41) is 8.89. The highest BCUT2D eigenvalue weighted by Crippen LogP contribution is 2.40. The summed E-state index contributed by atoms with van der Waals surface area (Å²) in [5.41, 5.74) is 0. The van der Waals surface area contributed by atoms with Crippen LogP contribution in [-0.2, 0) is 4.74 Å². The van der Waals surface area contributed by atoms with E-state index in [1.165, 1.54) is 38.5 Å². The number of ether oxygens (including phenoxy) is 1. The molecule has 2 nitrogen and oxygen atoms in total. The molecule has 1 aliphatic carbocycles. The molecule has 2 unspecified atom stereocenters. The molecule has 2 rings (SSSR count). The standard InChI is InChI=1S/C12H22O2/c13-8-2-6-11(10-4-1-5-10)12-7-3-9-14-12/h10-13H,1-9H2. The molecule has 14 heavy (non-hydrogen) atoms. The van der Waals surface area contributed by atoms with Gasteiger partial charge in [-0.2, -0.15) is 0 Å². The maximum absolute atomic E-state index is 8.89. The van der Waals surface area contributed by atoms with Crippen LogP contribution < -0.4 is 0 Å². The Bertz CT molecular complexity index is 160. The third kappa shape index (κ3) is 2.29. The van der Waals surface area contributed by atoms with E-state index in [9.17, 15) is 0 Å². The molecular formula is C12H22O2. The van der Waals surface area contributed by atoms with Gasteiger partial charge in [0.2, 0.25) is 0 Å². The molecule has 82 valence electrons. The normalized spacial score (nSPS) is 30.2. The van der Waals surface area contributed by atoms with Crippen LogP contribution in [0.2, 0.25) is 0 Å². The summed E-state index contributed by atoms with van der Waals surface area (Å²) in [5.74, 6) is 1.66. The van der Waals surface area contributed by atoms with Crippen LogP contribution in [0, 0.1) is 11.8 Å². The van der Waals surface area contributed by atoms with Gasteiger partial charge in [0.15, 0.2) is 0 Å². The van der Waals surface area contributed by atoms with Crippen LogP contribution in [0.15, 0.2) is 0 Å². The van der Waals surface area contributed by atoms with Crippen molar-refractivity contribution >= 4 is 0 Å². The van der Waals surface area contributed by atoms with E-state index in [0.29, 0.717) is 12.7 Å². The van der Waals surface area contributed by atoms with Crippen molar-refractivity contribution in [3.05, 3.63) is 0 Å². The Balaban J connectivity index is 1.83. The first-order valence-corrected chi connectivity index (χ1v) is 6.14. The van der Waals surface area contributed by atoms with Gasteiger partial charge in [-0.1, -0.05) is 19.3 Å². The van der Waals surface area contributed by atoms with Crippen LogP contribution in [0.25, 0.3) is 0 Å². The van der Waals surface area contributed by atoms with Crippen LogP contribution in [0.1, 0.15) is 44.9 Å². The smallest absolute Gasteiger partial charge is 0.0606 e. The van der Waals surface area contributed by atoms with E-state index in [1.54, 1.807) is 0 Å². The third-order valence-electron chi connectivity index (χ3n) is 3.89.